The number of phenols is 1. The molecule has 18 heavy (non-hydrogen) atoms. The Labute approximate surface area is 116 Å². The van der Waals surface area contributed by atoms with Gasteiger partial charge in [0, 0.05) is 10.5 Å². The average Bonchev–Trinajstić information content (AvgIpc) is 2.57. The molecule has 2 N–H and O–H groups in total. The number of hydrogen-bond acceptors (Lipinski definition) is 2. The van der Waals surface area contributed by atoms with E-state index >= 15 is 0 Å². The smallest absolute Gasteiger partial charge is 0.255 e. The van der Waals surface area contributed by atoms with Crippen molar-refractivity contribution in [3.8, 4) is 5.75 Å². The van der Waals surface area contributed by atoms with Gasteiger partial charge in [-0.3, -0.25) is 4.79 Å². The SMILES string of the molecule is CC1(C)CCC(NC(=O)c2ccc(Br)cc2O)C1. The minimum atomic E-state index is -0.192. The number of halogens is 1. The molecule has 0 bridgehead atoms. The Bertz CT molecular complexity index is 471. The highest BCUT2D eigenvalue weighted by Gasteiger charge is 2.32. The maximum atomic E-state index is 12.1. The standard InChI is InChI=1S/C14H18BrNO2/c1-14(2)6-5-10(8-14)16-13(18)11-4-3-9(15)7-12(11)17/h3-4,7,10,17H,5-6,8H2,1-2H3,(H,16,18). The summed E-state index contributed by atoms with van der Waals surface area (Å²) < 4.78 is 0.763. The monoisotopic (exact) mass is 311 g/mol. The van der Waals surface area contributed by atoms with E-state index in [0.717, 1.165) is 23.7 Å². The Morgan fingerprint density at radius 1 is 1.50 bits per heavy atom. The number of carbonyl (C=O) groups excluding carboxylic acids is 1. The summed E-state index contributed by atoms with van der Waals surface area (Å²) in [6.07, 6.45) is 3.14. The van der Waals surface area contributed by atoms with Crippen LogP contribution >= 0.6 is 15.9 Å². The van der Waals surface area contributed by atoms with Crippen LogP contribution in [0.2, 0.25) is 0 Å². The summed E-state index contributed by atoms with van der Waals surface area (Å²) in [5.41, 5.74) is 0.641. The van der Waals surface area contributed by atoms with Gasteiger partial charge in [-0.05, 0) is 42.9 Å². The van der Waals surface area contributed by atoms with Crippen LogP contribution in [0, 0.1) is 5.41 Å². The molecule has 0 heterocycles. The Morgan fingerprint density at radius 3 is 2.78 bits per heavy atom. The summed E-state index contributed by atoms with van der Waals surface area (Å²) in [6, 6.07) is 5.14. The maximum Gasteiger partial charge on any atom is 0.255 e. The van der Waals surface area contributed by atoms with E-state index in [9.17, 15) is 9.90 Å². The zero-order valence-corrected chi connectivity index (χ0v) is 12.3. The molecule has 2 rings (SSSR count). The lowest BCUT2D eigenvalue weighted by atomic mass is 9.92. The fourth-order valence-corrected chi connectivity index (χ4v) is 2.87. The van der Waals surface area contributed by atoms with Gasteiger partial charge in [0.25, 0.3) is 5.91 Å². The zero-order chi connectivity index (χ0) is 13.3. The van der Waals surface area contributed by atoms with Crippen LogP contribution < -0.4 is 5.32 Å². The molecular formula is C14H18BrNO2. The predicted octanol–water partition coefficient (Wildman–Crippen LogP) is 3.46. The van der Waals surface area contributed by atoms with E-state index in [0.29, 0.717) is 11.0 Å². The van der Waals surface area contributed by atoms with Crippen LogP contribution in [0.5, 0.6) is 5.75 Å². The van der Waals surface area contributed by atoms with Crippen LogP contribution in [0.1, 0.15) is 43.5 Å². The molecule has 98 valence electrons. The highest BCUT2D eigenvalue weighted by atomic mass is 79.9. The molecule has 1 amide bonds. The van der Waals surface area contributed by atoms with Crippen molar-refractivity contribution in [3.05, 3.63) is 28.2 Å². The third-order valence-corrected chi connectivity index (χ3v) is 4.00. The fraction of sp³-hybridized carbons (Fsp3) is 0.500. The number of nitrogens with one attached hydrogen (secondary N) is 1. The number of amides is 1. The Kier molecular flexibility index (Phi) is 3.66. The first-order valence-electron chi connectivity index (χ1n) is 6.17. The first-order chi connectivity index (χ1) is 8.37. The molecule has 0 saturated heterocycles. The molecule has 1 aliphatic carbocycles. The van der Waals surface area contributed by atoms with E-state index in [4.69, 9.17) is 0 Å². The maximum absolute atomic E-state index is 12.1. The second-order valence-electron chi connectivity index (χ2n) is 5.74. The summed E-state index contributed by atoms with van der Waals surface area (Å²) in [7, 11) is 0. The van der Waals surface area contributed by atoms with E-state index in [1.54, 1.807) is 12.1 Å². The van der Waals surface area contributed by atoms with Gasteiger partial charge >= 0.3 is 0 Å². The molecule has 0 aliphatic heterocycles. The Hall–Kier alpha value is -1.03. The normalized spacial score (nSPS) is 21.8. The van der Waals surface area contributed by atoms with Crippen LogP contribution in [-0.4, -0.2) is 17.1 Å². The lowest BCUT2D eigenvalue weighted by molar-refractivity contribution is 0.0933. The van der Waals surface area contributed by atoms with Crippen molar-refractivity contribution < 1.29 is 9.90 Å². The molecule has 1 saturated carbocycles. The molecule has 1 aromatic carbocycles. The quantitative estimate of drug-likeness (QED) is 0.878. The third-order valence-electron chi connectivity index (χ3n) is 3.51. The van der Waals surface area contributed by atoms with Crippen molar-refractivity contribution in [1.29, 1.82) is 0 Å². The fourth-order valence-electron chi connectivity index (χ4n) is 2.52. The minimum absolute atomic E-state index is 0.0131. The second kappa shape index (κ2) is 4.92. The highest BCUT2D eigenvalue weighted by Crippen LogP contribution is 2.37. The van der Waals surface area contributed by atoms with Crippen molar-refractivity contribution in [2.75, 3.05) is 0 Å². The number of benzene rings is 1. The number of aromatic hydroxyl groups is 1. The Morgan fingerprint density at radius 2 is 2.22 bits per heavy atom. The molecular weight excluding hydrogens is 294 g/mol. The number of carbonyl (C=O) groups is 1. The van der Waals surface area contributed by atoms with E-state index in [2.05, 4.69) is 35.1 Å². The van der Waals surface area contributed by atoms with E-state index < -0.39 is 0 Å². The molecule has 1 aliphatic rings. The van der Waals surface area contributed by atoms with Crippen LogP contribution in [0.4, 0.5) is 0 Å². The number of phenolic OH excluding ortho intramolecular Hbond substituents is 1. The predicted molar refractivity (Wildman–Crippen MR) is 74.7 cm³/mol. The molecule has 1 aromatic rings. The van der Waals surface area contributed by atoms with Gasteiger partial charge in [0.15, 0.2) is 0 Å². The van der Waals surface area contributed by atoms with Crippen LogP contribution in [0.25, 0.3) is 0 Å². The molecule has 1 fully saturated rings. The minimum Gasteiger partial charge on any atom is -0.507 e. The lowest BCUT2D eigenvalue weighted by Gasteiger charge is -2.18. The first-order valence-corrected chi connectivity index (χ1v) is 6.96. The van der Waals surface area contributed by atoms with Gasteiger partial charge in [-0.15, -0.1) is 0 Å². The van der Waals surface area contributed by atoms with Crippen LogP contribution in [0.15, 0.2) is 22.7 Å². The van der Waals surface area contributed by atoms with Crippen LogP contribution in [0.3, 0.4) is 0 Å². The molecule has 0 spiro atoms. The van der Waals surface area contributed by atoms with Gasteiger partial charge in [-0.2, -0.15) is 0 Å². The van der Waals surface area contributed by atoms with Gasteiger partial charge < -0.3 is 10.4 Å². The molecule has 0 aromatic heterocycles. The molecule has 4 heteroatoms. The van der Waals surface area contributed by atoms with Gasteiger partial charge in [0.2, 0.25) is 0 Å². The van der Waals surface area contributed by atoms with Gasteiger partial charge in [-0.1, -0.05) is 29.8 Å². The van der Waals surface area contributed by atoms with Crippen molar-refractivity contribution in [2.45, 2.75) is 39.2 Å². The van der Waals surface area contributed by atoms with E-state index in [1.807, 2.05) is 0 Å². The average molecular weight is 312 g/mol. The number of rotatable bonds is 2. The summed E-state index contributed by atoms with van der Waals surface area (Å²) in [5, 5.41) is 12.7. The lowest BCUT2D eigenvalue weighted by Crippen LogP contribution is -2.33. The molecule has 0 radical (unpaired) electrons. The molecule has 1 unspecified atom stereocenters. The van der Waals surface area contributed by atoms with Crippen LogP contribution in [-0.2, 0) is 0 Å². The Balaban J connectivity index is 2.04. The second-order valence-corrected chi connectivity index (χ2v) is 6.65. The highest BCUT2D eigenvalue weighted by molar-refractivity contribution is 9.10. The van der Waals surface area contributed by atoms with Gasteiger partial charge in [0.1, 0.15) is 5.75 Å². The summed E-state index contributed by atoms with van der Waals surface area (Å²) >= 11 is 3.26. The third kappa shape index (κ3) is 3.05. The number of hydrogen-bond donors (Lipinski definition) is 2. The van der Waals surface area contributed by atoms with E-state index in [-0.39, 0.29) is 17.7 Å². The van der Waals surface area contributed by atoms with E-state index in [1.165, 1.54) is 6.07 Å². The zero-order valence-electron chi connectivity index (χ0n) is 10.7. The first kappa shape index (κ1) is 13.4. The summed E-state index contributed by atoms with van der Waals surface area (Å²) in [5.74, 6) is -0.179. The summed E-state index contributed by atoms with van der Waals surface area (Å²) in [6.45, 7) is 4.44. The van der Waals surface area contributed by atoms with Crippen molar-refractivity contribution in [3.63, 3.8) is 0 Å². The van der Waals surface area contributed by atoms with Crippen molar-refractivity contribution >= 4 is 21.8 Å². The topological polar surface area (TPSA) is 49.3 Å². The van der Waals surface area contributed by atoms with Crippen molar-refractivity contribution in [2.24, 2.45) is 5.41 Å². The molecule has 3 nitrogen and oxygen atoms in total. The van der Waals surface area contributed by atoms with Gasteiger partial charge in [0.05, 0.1) is 5.56 Å². The molecule has 1 atom stereocenters. The van der Waals surface area contributed by atoms with Gasteiger partial charge in [-0.25, -0.2) is 0 Å². The van der Waals surface area contributed by atoms with Crippen molar-refractivity contribution in [1.82, 2.24) is 5.32 Å². The summed E-state index contributed by atoms with van der Waals surface area (Å²) in [4.78, 5) is 12.1. The largest absolute Gasteiger partial charge is 0.507 e.